The van der Waals surface area contributed by atoms with Crippen LogP contribution in [0.1, 0.15) is 61.7 Å². The van der Waals surface area contributed by atoms with Crippen molar-refractivity contribution in [2.24, 2.45) is 11.3 Å². The normalized spacial score (nSPS) is 25.9. The molecule has 0 radical (unpaired) electrons. The zero-order valence-corrected chi connectivity index (χ0v) is 19.0. The van der Waals surface area contributed by atoms with Gasteiger partial charge < -0.3 is 9.80 Å². The van der Waals surface area contributed by atoms with Gasteiger partial charge in [0.25, 0.3) is 5.91 Å². The van der Waals surface area contributed by atoms with E-state index in [0.29, 0.717) is 22.9 Å². The van der Waals surface area contributed by atoms with E-state index in [1.807, 2.05) is 6.07 Å². The molecule has 1 aromatic rings. The highest BCUT2D eigenvalue weighted by Gasteiger charge is 2.61. The average molecular weight is 432 g/mol. The van der Waals surface area contributed by atoms with Crippen molar-refractivity contribution < 1.29 is 13.2 Å². The fraction of sp³-hybridized carbons (Fsp3) is 0.696. The summed E-state index contributed by atoms with van der Waals surface area (Å²) in [5.74, 6) is 0.677. The molecule has 0 aromatic heterocycles. The number of anilines is 1. The van der Waals surface area contributed by atoms with Crippen LogP contribution in [0.2, 0.25) is 0 Å². The molecular formula is C23H33N3O3S. The zero-order chi connectivity index (χ0) is 21.1. The first-order valence-electron chi connectivity index (χ1n) is 11.5. The average Bonchev–Trinajstić information content (AvgIpc) is 3.50. The lowest BCUT2D eigenvalue weighted by molar-refractivity contribution is -0.111. The summed E-state index contributed by atoms with van der Waals surface area (Å²) >= 11 is 0. The summed E-state index contributed by atoms with van der Waals surface area (Å²) in [6.07, 6.45) is 9.66. The van der Waals surface area contributed by atoms with E-state index in [1.165, 1.54) is 56.9 Å². The summed E-state index contributed by atoms with van der Waals surface area (Å²) in [5.41, 5.74) is 1.83. The maximum absolute atomic E-state index is 13.8. The summed E-state index contributed by atoms with van der Waals surface area (Å²) in [5, 5.41) is 0. The number of sulfonamides is 1. The molecule has 4 fully saturated rings. The van der Waals surface area contributed by atoms with Crippen molar-refractivity contribution in [1.82, 2.24) is 9.21 Å². The molecule has 5 rings (SSSR count). The highest BCUT2D eigenvalue weighted by molar-refractivity contribution is 7.89. The molecule has 0 bridgehead atoms. The minimum atomic E-state index is -3.58. The lowest BCUT2D eigenvalue weighted by Gasteiger charge is -2.63. The molecule has 2 aliphatic carbocycles. The van der Waals surface area contributed by atoms with E-state index in [4.69, 9.17) is 0 Å². The van der Waals surface area contributed by atoms with Crippen LogP contribution in [0.5, 0.6) is 0 Å². The van der Waals surface area contributed by atoms with E-state index < -0.39 is 10.0 Å². The highest BCUT2D eigenvalue weighted by atomic mass is 32.2. The maximum Gasteiger partial charge on any atom is 0.256 e. The molecule has 1 atom stereocenters. The van der Waals surface area contributed by atoms with Crippen LogP contribution in [0, 0.1) is 11.3 Å². The molecule has 164 valence electrons. The predicted octanol–water partition coefficient (Wildman–Crippen LogP) is 3.33. The molecule has 6 nitrogen and oxygen atoms in total. The Morgan fingerprint density at radius 2 is 1.77 bits per heavy atom. The second-order valence-corrected chi connectivity index (χ2v) is 12.1. The van der Waals surface area contributed by atoms with Gasteiger partial charge in [0.2, 0.25) is 10.0 Å². The topological polar surface area (TPSA) is 60.9 Å². The lowest BCUT2D eigenvalue weighted by Crippen LogP contribution is -2.69. The summed E-state index contributed by atoms with van der Waals surface area (Å²) in [6, 6.07) is 5.52. The van der Waals surface area contributed by atoms with Gasteiger partial charge >= 0.3 is 0 Å². The number of rotatable bonds is 5. The first-order chi connectivity index (χ1) is 14.3. The van der Waals surface area contributed by atoms with Crippen LogP contribution in [0.15, 0.2) is 23.1 Å². The van der Waals surface area contributed by atoms with Crippen molar-refractivity contribution in [1.29, 1.82) is 0 Å². The second-order valence-electron chi connectivity index (χ2n) is 9.95. The van der Waals surface area contributed by atoms with E-state index >= 15 is 0 Å². The van der Waals surface area contributed by atoms with Crippen molar-refractivity contribution in [3.8, 4) is 0 Å². The van der Waals surface area contributed by atoms with Crippen LogP contribution in [-0.4, -0.2) is 63.3 Å². The van der Waals surface area contributed by atoms with Gasteiger partial charge in [0, 0.05) is 50.9 Å². The van der Waals surface area contributed by atoms with Crippen LogP contribution in [-0.2, 0) is 10.0 Å². The molecule has 30 heavy (non-hydrogen) atoms. The van der Waals surface area contributed by atoms with Gasteiger partial charge in [0.1, 0.15) is 0 Å². The molecule has 2 saturated carbocycles. The van der Waals surface area contributed by atoms with Crippen molar-refractivity contribution in [3.05, 3.63) is 23.8 Å². The molecule has 1 spiro atoms. The molecular weight excluding hydrogens is 398 g/mol. The summed E-state index contributed by atoms with van der Waals surface area (Å²) in [6.45, 7) is 2.70. The monoisotopic (exact) mass is 431 g/mol. The number of benzene rings is 1. The van der Waals surface area contributed by atoms with Gasteiger partial charge in [-0.05, 0) is 69.1 Å². The molecule has 2 aliphatic heterocycles. The number of amides is 1. The van der Waals surface area contributed by atoms with Crippen LogP contribution in [0.4, 0.5) is 5.69 Å². The third kappa shape index (κ3) is 3.16. The van der Waals surface area contributed by atoms with Crippen molar-refractivity contribution >= 4 is 21.6 Å². The van der Waals surface area contributed by atoms with Crippen LogP contribution in [0.3, 0.4) is 0 Å². The molecule has 2 heterocycles. The Hall–Kier alpha value is -1.60. The molecule has 4 aliphatic rings. The Bertz CT molecular complexity index is 944. The van der Waals surface area contributed by atoms with Gasteiger partial charge in [-0.2, -0.15) is 0 Å². The minimum absolute atomic E-state index is 0.0285. The molecule has 2 saturated heterocycles. The standard InChI is InChI=1S/C23H33N3O3S/c1-24(2)30(28,29)18-9-10-20(25-13-4-3-5-14-25)19(15-18)22(27)26-16-23(11-6-12-23)21(26)17-7-8-17/h9-10,15,17,21H,3-8,11-14,16H2,1-2H3. The number of carbonyl (C=O) groups excluding carboxylic acids is 1. The van der Waals surface area contributed by atoms with Crippen molar-refractivity contribution in [2.45, 2.75) is 62.3 Å². The quantitative estimate of drug-likeness (QED) is 0.718. The SMILES string of the molecule is CN(C)S(=O)(=O)c1ccc(N2CCCCC2)c(C(=O)N2CC3(CCC3)C2C2CC2)c1. The number of carbonyl (C=O) groups is 1. The third-order valence-electron chi connectivity index (χ3n) is 7.80. The largest absolute Gasteiger partial charge is 0.371 e. The first kappa shape index (κ1) is 20.3. The molecule has 0 N–H and O–H groups in total. The van der Waals surface area contributed by atoms with Gasteiger partial charge in [-0.15, -0.1) is 0 Å². The van der Waals surface area contributed by atoms with E-state index in [-0.39, 0.29) is 10.8 Å². The fourth-order valence-corrected chi connectivity index (χ4v) is 6.75. The smallest absolute Gasteiger partial charge is 0.256 e. The van der Waals surface area contributed by atoms with Crippen LogP contribution in [0.25, 0.3) is 0 Å². The first-order valence-corrected chi connectivity index (χ1v) is 12.9. The van der Waals surface area contributed by atoms with E-state index in [9.17, 15) is 13.2 Å². The van der Waals surface area contributed by atoms with Crippen molar-refractivity contribution in [3.63, 3.8) is 0 Å². The molecule has 1 aromatic carbocycles. The Kier molecular flexibility index (Phi) is 4.89. The highest BCUT2D eigenvalue weighted by Crippen LogP contribution is 2.60. The van der Waals surface area contributed by atoms with E-state index in [2.05, 4.69) is 9.80 Å². The lowest BCUT2D eigenvalue weighted by atomic mass is 9.56. The number of hydrogen-bond donors (Lipinski definition) is 0. The summed E-state index contributed by atoms with van der Waals surface area (Å²) in [7, 11) is -0.513. The zero-order valence-electron chi connectivity index (χ0n) is 18.1. The summed E-state index contributed by atoms with van der Waals surface area (Å²) in [4.78, 5) is 18.4. The number of nitrogens with zero attached hydrogens (tertiary/aromatic N) is 3. The van der Waals surface area contributed by atoms with Gasteiger partial charge in [0.15, 0.2) is 0 Å². The fourth-order valence-electron chi connectivity index (χ4n) is 5.82. The predicted molar refractivity (Wildman–Crippen MR) is 117 cm³/mol. The van der Waals surface area contributed by atoms with Gasteiger partial charge in [-0.1, -0.05) is 6.42 Å². The van der Waals surface area contributed by atoms with E-state index in [1.54, 1.807) is 12.1 Å². The minimum Gasteiger partial charge on any atom is -0.371 e. The third-order valence-corrected chi connectivity index (χ3v) is 9.61. The number of piperidine rings is 1. The Morgan fingerprint density at radius 3 is 2.33 bits per heavy atom. The maximum atomic E-state index is 13.8. The van der Waals surface area contributed by atoms with Gasteiger partial charge in [-0.25, -0.2) is 12.7 Å². The van der Waals surface area contributed by atoms with Crippen LogP contribution < -0.4 is 4.90 Å². The van der Waals surface area contributed by atoms with E-state index in [0.717, 1.165) is 38.2 Å². The number of likely N-dealkylation sites (tertiary alicyclic amines) is 1. The summed E-state index contributed by atoms with van der Waals surface area (Å²) < 4.78 is 26.8. The van der Waals surface area contributed by atoms with Gasteiger partial charge in [0.05, 0.1) is 10.5 Å². The Morgan fingerprint density at radius 1 is 1.07 bits per heavy atom. The molecule has 1 unspecified atom stereocenters. The molecule has 1 amide bonds. The Balaban J connectivity index is 1.51. The van der Waals surface area contributed by atoms with Gasteiger partial charge in [-0.3, -0.25) is 4.79 Å². The second kappa shape index (κ2) is 7.23. The van der Waals surface area contributed by atoms with Crippen LogP contribution >= 0.6 is 0 Å². The Labute approximate surface area is 180 Å². The molecule has 7 heteroatoms. The van der Waals surface area contributed by atoms with Crippen molar-refractivity contribution in [2.75, 3.05) is 38.6 Å². The number of hydrogen-bond acceptors (Lipinski definition) is 4.